The zero-order valence-electron chi connectivity index (χ0n) is 7.53. The van der Waals surface area contributed by atoms with Gasteiger partial charge in [0.05, 0.1) is 0 Å². The summed E-state index contributed by atoms with van der Waals surface area (Å²) in [5.41, 5.74) is 0.647. The molecule has 2 fully saturated rings. The highest BCUT2D eigenvalue weighted by molar-refractivity contribution is 5.08. The van der Waals surface area contributed by atoms with Crippen molar-refractivity contribution in [3.8, 4) is 0 Å². The van der Waals surface area contributed by atoms with Crippen LogP contribution in [0.15, 0.2) is 0 Å². The Kier molecular flexibility index (Phi) is 1.92. The van der Waals surface area contributed by atoms with E-state index in [4.69, 9.17) is 0 Å². The molecule has 0 amide bonds. The minimum atomic E-state index is 0.647. The summed E-state index contributed by atoms with van der Waals surface area (Å²) >= 11 is 0. The molecule has 64 valence electrons. The second-order valence-corrected chi connectivity index (χ2v) is 4.21. The highest BCUT2D eigenvalue weighted by atomic mass is 15.0. The van der Waals surface area contributed by atoms with Crippen LogP contribution in [0.5, 0.6) is 0 Å². The molecule has 0 saturated heterocycles. The van der Waals surface area contributed by atoms with Gasteiger partial charge in [-0.25, -0.2) is 0 Å². The van der Waals surface area contributed by atoms with Crippen molar-refractivity contribution in [2.45, 2.75) is 51.0 Å². The Morgan fingerprint density at radius 2 is 2.09 bits per heavy atom. The van der Waals surface area contributed by atoms with E-state index in [1.165, 1.54) is 45.1 Å². The molecule has 2 rings (SSSR count). The maximum Gasteiger partial charge on any atom is 0.0211 e. The minimum absolute atomic E-state index is 0.647. The van der Waals surface area contributed by atoms with Gasteiger partial charge in [0.15, 0.2) is 0 Å². The molecular weight excluding hydrogens is 134 g/mol. The van der Waals surface area contributed by atoms with Gasteiger partial charge in [-0.1, -0.05) is 13.3 Å². The van der Waals surface area contributed by atoms with Crippen LogP contribution in [-0.2, 0) is 0 Å². The van der Waals surface area contributed by atoms with Gasteiger partial charge in [-0.3, -0.25) is 0 Å². The highest BCUT2D eigenvalue weighted by Gasteiger charge is 2.50. The van der Waals surface area contributed by atoms with Gasteiger partial charge in [-0.2, -0.15) is 0 Å². The molecule has 0 spiro atoms. The maximum absolute atomic E-state index is 3.72. The molecular formula is C10H19N. The Morgan fingerprint density at radius 1 is 1.36 bits per heavy atom. The average Bonchev–Trinajstić information content (AvgIpc) is 2.62. The highest BCUT2D eigenvalue weighted by Crippen LogP contribution is 2.50. The van der Waals surface area contributed by atoms with Crippen LogP contribution in [0.25, 0.3) is 0 Å². The molecule has 0 atom stereocenters. The molecule has 2 aliphatic rings. The van der Waals surface area contributed by atoms with Crippen molar-refractivity contribution >= 4 is 0 Å². The van der Waals surface area contributed by atoms with Crippen LogP contribution in [-0.4, -0.2) is 12.1 Å². The fraction of sp³-hybridized carbons (Fsp3) is 1.00. The SMILES string of the molecule is CCCNC1(C2CCC2)CC1. The Morgan fingerprint density at radius 3 is 2.45 bits per heavy atom. The summed E-state index contributed by atoms with van der Waals surface area (Å²) in [5.74, 6) is 1.05. The first-order chi connectivity index (χ1) is 5.37. The van der Waals surface area contributed by atoms with Gasteiger partial charge >= 0.3 is 0 Å². The summed E-state index contributed by atoms with van der Waals surface area (Å²) in [4.78, 5) is 0. The normalized spacial score (nSPS) is 28.1. The van der Waals surface area contributed by atoms with Gasteiger partial charge in [-0.15, -0.1) is 0 Å². The van der Waals surface area contributed by atoms with Gasteiger partial charge in [-0.05, 0) is 44.6 Å². The first-order valence-corrected chi connectivity index (χ1v) is 5.12. The molecule has 1 heteroatoms. The number of hydrogen-bond acceptors (Lipinski definition) is 1. The molecule has 11 heavy (non-hydrogen) atoms. The van der Waals surface area contributed by atoms with Crippen molar-refractivity contribution < 1.29 is 0 Å². The Bertz CT molecular complexity index is 134. The molecule has 0 aromatic heterocycles. The molecule has 0 bridgehead atoms. The molecule has 0 aliphatic heterocycles. The van der Waals surface area contributed by atoms with E-state index in [1.54, 1.807) is 0 Å². The van der Waals surface area contributed by atoms with E-state index in [1.807, 2.05) is 0 Å². The molecule has 1 nitrogen and oxygen atoms in total. The van der Waals surface area contributed by atoms with E-state index in [-0.39, 0.29) is 0 Å². The standard InChI is InChI=1S/C10H19N/c1-2-8-11-10(6-7-10)9-4-3-5-9/h9,11H,2-8H2,1H3. The topological polar surface area (TPSA) is 12.0 Å². The van der Waals surface area contributed by atoms with E-state index in [2.05, 4.69) is 12.2 Å². The van der Waals surface area contributed by atoms with Gasteiger partial charge in [0.1, 0.15) is 0 Å². The van der Waals surface area contributed by atoms with Crippen LogP contribution in [0.4, 0.5) is 0 Å². The predicted molar refractivity (Wildman–Crippen MR) is 47.6 cm³/mol. The second kappa shape index (κ2) is 2.78. The lowest BCUT2D eigenvalue weighted by Gasteiger charge is -2.34. The van der Waals surface area contributed by atoms with E-state index < -0.39 is 0 Å². The molecule has 0 radical (unpaired) electrons. The molecule has 0 heterocycles. The third-order valence-corrected chi connectivity index (χ3v) is 3.40. The lowest BCUT2D eigenvalue weighted by atomic mass is 9.78. The number of hydrogen-bond donors (Lipinski definition) is 1. The van der Waals surface area contributed by atoms with Gasteiger partial charge in [0.2, 0.25) is 0 Å². The van der Waals surface area contributed by atoms with Crippen LogP contribution in [0.2, 0.25) is 0 Å². The van der Waals surface area contributed by atoms with Crippen molar-refractivity contribution in [2.75, 3.05) is 6.54 Å². The largest absolute Gasteiger partial charge is 0.311 e. The first kappa shape index (κ1) is 7.60. The number of nitrogens with one attached hydrogen (secondary N) is 1. The summed E-state index contributed by atoms with van der Waals surface area (Å²) in [6.45, 7) is 3.49. The third kappa shape index (κ3) is 1.31. The minimum Gasteiger partial charge on any atom is -0.311 e. The van der Waals surface area contributed by atoms with Crippen molar-refractivity contribution in [2.24, 2.45) is 5.92 Å². The molecule has 2 saturated carbocycles. The van der Waals surface area contributed by atoms with Crippen molar-refractivity contribution in [3.05, 3.63) is 0 Å². The van der Waals surface area contributed by atoms with Crippen molar-refractivity contribution in [3.63, 3.8) is 0 Å². The van der Waals surface area contributed by atoms with E-state index in [0.717, 1.165) is 5.92 Å². The van der Waals surface area contributed by atoms with Crippen molar-refractivity contribution in [1.82, 2.24) is 5.32 Å². The molecule has 0 aromatic carbocycles. The lowest BCUT2D eigenvalue weighted by molar-refractivity contribution is 0.212. The summed E-state index contributed by atoms with van der Waals surface area (Å²) in [5, 5.41) is 3.72. The smallest absolute Gasteiger partial charge is 0.0211 e. The molecule has 0 unspecified atom stereocenters. The fourth-order valence-corrected chi connectivity index (χ4v) is 2.20. The fourth-order valence-electron chi connectivity index (χ4n) is 2.20. The monoisotopic (exact) mass is 153 g/mol. The lowest BCUT2D eigenvalue weighted by Crippen LogP contribution is -2.42. The summed E-state index contributed by atoms with van der Waals surface area (Å²) in [6, 6.07) is 0. The van der Waals surface area contributed by atoms with Gasteiger partial charge < -0.3 is 5.32 Å². The summed E-state index contributed by atoms with van der Waals surface area (Å²) in [6.07, 6.45) is 8.68. The Balaban J connectivity index is 1.79. The molecule has 0 aromatic rings. The van der Waals surface area contributed by atoms with Gasteiger partial charge in [0, 0.05) is 5.54 Å². The summed E-state index contributed by atoms with van der Waals surface area (Å²) < 4.78 is 0. The van der Waals surface area contributed by atoms with Crippen LogP contribution in [0, 0.1) is 5.92 Å². The summed E-state index contributed by atoms with van der Waals surface area (Å²) in [7, 11) is 0. The number of rotatable bonds is 4. The maximum atomic E-state index is 3.72. The van der Waals surface area contributed by atoms with Crippen LogP contribution >= 0.6 is 0 Å². The van der Waals surface area contributed by atoms with Crippen LogP contribution in [0.1, 0.15) is 45.4 Å². The predicted octanol–water partition coefficient (Wildman–Crippen LogP) is 2.32. The quantitative estimate of drug-likeness (QED) is 0.653. The zero-order chi connectivity index (χ0) is 7.73. The first-order valence-electron chi connectivity index (χ1n) is 5.12. The van der Waals surface area contributed by atoms with E-state index in [0.29, 0.717) is 5.54 Å². The van der Waals surface area contributed by atoms with Crippen LogP contribution in [0.3, 0.4) is 0 Å². The molecule has 2 aliphatic carbocycles. The van der Waals surface area contributed by atoms with E-state index in [9.17, 15) is 0 Å². The molecule has 1 N–H and O–H groups in total. The zero-order valence-corrected chi connectivity index (χ0v) is 7.53. The van der Waals surface area contributed by atoms with E-state index >= 15 is 0 Å². The third-order valence-electron chi connectivity index (χ3n) is 3.40. The second-order valence-electron chi connectivity index (χ2n) is 4.21. The van der Waals surface area contributed by atoms with Crippen molar-refractivity contribution in [1.29, 1.82) is 0 Å². The van der Waals surface area contributed by atoms with Gasteiger partial charge in [0.25, 0.3) is 0 Å². The average molecular weight is 153 g/mol. The Hall–Kier alpha value is -0.0400. The Labute approximate surface area is 69.6 Å². The van der Waals surface area contributed by atoms with Crippen LogP contribution < -0.4 is 5.32 Å².